The summed E-state index contributed by atoms with van der Waals surface area (Å²) in [6.07, 6.45) is 0. The lowest BCUT2D eigenvalue weighted by Crippen LogP contribution is -2.22. The van der Waals surface area contributed by atoms with E-state index in [1.807, 2.05) is 72.8 Å². The second-order valence-electron chi connectivity index (χ2n) is 8.50. The summed E-state index contributed by atoms with van der Waals surface area (Å²) in [6, 6.07) is 31.6. The van der Waals surface area contributed by atoms with Crippen molar-refractivity contribution in [2.75, 3.05) is 0 Å². The van der Waals surface area contributed by atoms with Crippen LogP contribution in [0.5, 0.6) is 11.5 Å². The van der Waals surface area contributed by atoms with Gasteiger partial charge in [0.15, 0.2) is 11.6 Å². The quantitative estimate of drug-likeness (QED) is 0.282. The Morgan fingerprint density at radius 3 is 1.97 bits per heavy atom. The minimum Gasteiger partial charge on any atom is -0.506 e. The van der Waals surface area contributed by atoms with E-state index in [4.69, 9.17) is 4.74 Å². The lowest BCUT2D eigenvalue weighted by Gasteiger charge is -2.24. The molecule has 1 N–H and O–H groups in total. The Morgan fingerprint density at radius 2 is 1.28 bits per heavy atom. The number of rotatable bonds is 5. The first kappa shape index (κ1) is 22.1. The standard InChI is InChI=1S/C31H20O4S/c32-28-21-14-7-8-15-22(21)29(33)27-26(28)30(34)25-23(31(27)36-20-12-5-2-6-13-20)16-9-17-24(25)35-18-19-10-3-1-4-11-19/h1-17,34H,18H2. The second kappa shape index (κ2) is 9.02. The van der Waals surface area contributed by atoms with Crippen LogP contribution in [-0.4, -0.2) is 16.7 Å². The number of ether oxygens (including phenoxy) is 1. The van der Waals surface area contributed by atoms with Crippen LogP contribution in [0.15, 0.2) is 113 Å². The van der Waals surface area contributed by atoms with E-state index in [0.29, 0.717) is 39.2 Å². The van der Waals surface area contributed by atoms with Gasteiger partial charge in [0.25, 0.3) is 0 Å². The first-order valence-corrected chi connectivity index (χ1v) is 12.3. The fourth-order valence-corrected chi connectivity index (χ4v) is 5.72. The molecule has 5 aromatic rings. The molecule has 0 heterocycles. The second-order valence-corrected chi connectivity index (χ2v) is 9.58. The van der Waals surface area contributed by atoms with Crippen molar-refractivity contribution in [2.24, 2.45) is 0 Å². The molecule has 0 atom stereocenters. The van der Waals surface area contributed by atoms with Crippen LogP contribution in [0.25, 0.3) is 10.8 Å². The van der Waals surface area contributed by atoms with Crippen molar-refractivity contribution in [3.05, 3.63) is 131 Å². The predicted molar refractivity (Wildman–Crippen MR) is 140 cm³/mol. The van der Waals surface area contributed by atoms with Crippen LogP contribution >= 0.6 is 11.8 Å². The molecule has 1 aliphatic rings. The van der Waals surface area contributed by atoms with Gasteiger partial charge in [-0.3, -0.25) is 9.59 Å². The molecule has 6 rings (SSSR count). The van der Waals surface area contributed by atoms with Gasteiger partial charge >= 0.3 is 0 Å². The van der Waals surface area contributed by atoms with Crippen LogP contribution in [0.4, 0.5) is 0 Å². The lowest BCUT2D eigenvalue weighted by molar-refractivity contribution is 0.0975. The van der Waals surface area contributed by atoms with E-state index in [2.05, 4.69) is 0 Å². The van der Waals surface area contributed by atoms with Crippen molar-refractivity contribution >= 4 is 34.1 Å². The highest BCUT2D eigenvalue weighted by molar-refractivity contribution is 7.99. The Kier molecular flexibility index (Phi) is 5.55. The van der Waals surface area contributed by atoms with Gasteiger partial charge in [0.05, 0.1) is 16.5 Å². The number of benzene rings is 5. The molecular weight excluding hydrogens is 468 g/mol. The number of ketones is 2. The minimum absolute atomic E-state index is 0.0281. The number of phenols is 1. The number of aromatic hydroxyl groups is 1. The fraction of sp³-hybridized carbons (Fsp3) is 0.0323. The topological polar surface area (TPSA) is 63.6 Å². The average molecular weight is 489 g/mol. The monoisotopic (exact) mass is 488 g/mol. The molecular formula is C31H20O4S. The molecule has 0 bridgehead atoms. The van der Waals surface area contributed by atoms with Gasteiger partial charge in [-0.1, -0.05) is 96.7 Å². The van der Waals surface area contributed by atoms with Gasteiger partial charge in [0.2, 0.25) is 0 Å². The highest BCUT2D eigenvalue weighted by atomic mass is 32.2. The van der Waals surface area contributed by atoms with Gasteiger partial charge in [0.1, 0.15) is 18.1 Å². The summed E-state index contributed by atoms with van der Waals surface area (Å²) < 4.78 is 6.15. The number of carbonyl (C=O) groups is 2. The van der Waals surface area contributed by atoms with E-state index in [-0.39, 0.29) is 28.4 Å². The average Bonchev–Trinajstić information content (AvgIpc) is 2.93. The maximum Gasteiger partial charge on any atom is 0.198 e. The molecule has 36 heavy (non-hydrogen) atoms. The lowest BCUT2D eigenvalue weighted by atomic mass is 9.82. The third-order valence-corrected chi connectivity index (χ3v) is 7.43. The minimum atomic E-state index is -0.368. The molecule has 0 saturated carbocycles. The van der Waals surface area contributed by atoms with Crippen LogP contribution in [0, 0.1) is 0 Å². The SMILES string of the molecule is O=C1c2ccccc2C(=O)c2c1c(Sc1ccccc1)c1cccc(OCc3ccccc3)c1c2O. The molecule has 5 aromatic carbocycles. The van der Waals surface area contributed by atoms with Crippen molar-refractivity contribution in [1.82, 2.24) is 0 Å². The van der Waals surface area contributed by atoms with Crippen LogP contribution in [-0.2, 0) is 6.61 Å². The maximum atomic E-state index is 13.7. The van der Waals surface area contributed by atoms with Crippen molar-refractivity contribution in [3.63, 3.8) is 0 Å². The summed E-state index contributed by atoms with van der Waals surface area (Å²) in [7, 11) is 0. The van der Waals surface area contributed by atoms with Crippen LogP contribution in [0.3, 0.4) is 0 Å². The molecule has 0 radical (unpaired) electrons. The molecule has 4 nitrogen and oxygen atoms in total. The molecule has 174 valence electrons. The van der Waals surface area contributed by atoms with Gasteiger partial charge in [0, 0.05) is 26.3 Å². The number of fused-ring (bicyclic) bond motifs is 3. The molecule has 0 aliphatic heterocycles. The summed E-state index contributed by atoms with van der Waals surface area (Å²) in [5.74, 6) is -0.418. The van der Waals surface area contributed by atoms with Crippen molar-refractivity contribution in [3.8, 4) is 11.5 Å². The molecule has 0 aromatic heterocycles. The third-order valence-electron chi connectivity index (χ3n) is 6.29. The van der Waals surface area contributed by atoms with Gasteiger partial charge in [-0.15, -0.1) is 0 Å². The summed E-state index contributed by atoms with van der Waals surface area (Å²) in [5.41, 5.74) is 1.88. The van der Waals surface area contributed by atoms with E-state index in [9.17, 15) is 14.7 Å². The van der Waals surface area contributed by atoms with Gasteiger partial charge in [-0.25, -0.2) is 0 Å². The zero-order valence-corrected chi connectivity index (χ0v) is 19.9. The molecule has 0 spiro atoms. The molecule has 0 fully saturated rings. The fourth-order valence-electron chi connectivity index (χ4n) is 4.61. The maximum absolute atomic E-state index is 13.7. The van der Waals surface area contributed by atoms with Crippen molar-refractivity contribution < 1.29 is 19.4 Å². The molecule has 0 amide bonds. The van der Waals surface area contributed by atoms with Gasteiger partial charge in [-0.2, -0.15) is 0 Å². The highest BCUT2D eigenvalue weighted by Crippen LogP contribution is 2.49. The smallest absolute Gasteiger partial charge is 0.198 e. The largest absolute Gasteiger partial charge is 0.506 e. The Morgan fingerprint density at radius 1 is 0.667 bits per heavy atom. The van der Waals surface area contributed by atoms with Crippen LogP contribution in [0.2, 0.25) is 0 Å². The van der Waals surface area contributed by atoms with Crippen LogP contribution < -0.4 is 4.74 Å². The molecule has 5 heteroatoms. The van der Waals surface area contributed by atoms with E-state index in [1.165, 1.54) is 11.8 Å². The molecule has 0 saturated heterocycles. The Balaban J connectivity index is 1.60. The number of phenolic OH excluding ortho intramolecular Hbond substituents is 1. The van der Waals surface area contributed by atoms with Crippen molar-refractivity contribution in [1.29, 1.82) is 0 Å². The normalized spacial score (nSPS) is 12.3. The molecule has 0 unspecified atom stereocenters. The van der Waals surface area contributed by atoms with Crippen molar-refractivity contribution in [2.45, 2.75) is 16.4 Å². The van der Waals surface area contributed by atoms with E-state index in [1.54, 1.807) is 30.3 Å². The Hall–Kier alpha value is -4.35. The number of carbonyl (C=O) groups excluding carboxylic acids is 2. The number of hydrogen-bond acceptors (Lipinski definition) is 5. The van der Waals surface area contributed by atoms with E-state index in [0.717, 1.165) is 10.5 Å². The zero-order valence-electron chi connectivity index (χ0n) is 19.1. The summed E-state index contributed by atoms with van der Waals surface area (Å²) in [6.45, 7) is 0.299. The summed E-state index contributed by atoms with van der Waals surface area (Å²) in [4.78, 5) is 28.9. The highest BCUT2D eigenvalue weighted by Gasteiger charge is 2.36. The third kappa shape index (κ3) is 3.65. The number of hydrogen-bond donors (Lipinski definition) is 1. The van der Waals surface area contributed by atoms with E-state index >= 15 is 0 Å². The van der Waals surface area contributed by atoms with Gasteiger partial charge in [-0.05, 0) is 23.8 Å². The zero-order chi connectivity index (χ0) is 24.6. The van der Waals surface area contributed by atoms with E-state index < -0.39 is 0 Å². The first-order chi connectivity index (χ1) is 17.6. The Bertz CT molecular complexity index is 1640. The Labute approximate surface area is 212 Å². The first-order valence-electron chi connectivity index (χ1n) is 11.5. The van der Waals surface area contributed by atoms with Gasteiger partial charge < -0.3 is 9.84 Å². The summed E-state index contributed by atoms with van der Waals surface area (Å²) in [5, 5.41) is 12.6. The predicted octanol–water partition coefficient (Wildman–Crippen LogP) is 7.05. The summed E-state index contributed by atoms with van der Waals surface area (Å²) >= 11 is 1.40. The van der Waals surface area contributed by atoms with Crippen LogP contribution in [0.1, 0.15) is 37.4 Å². The molecule has 1 aliphatic carbocycles.